The molecule has 0 aromatic heterocycles. The topological polar surface area (TPSA) is 83.6 Å². The largest absolute Gasteiger partial charge is 0.479 e. The first-order valence-electron chi connectivity index (χ1n) is 6.56. The van der Waals surface area contributed by atoms with Crippen molar-refractivity contribution < 1.29 is 14.7 Å². The molecular weight excluding hydrogens is 232 g/mol. The summed E-state index contributed by atoms with van der Waals surface area (Å²) in [7, 11) is 0. The Kier molecular flexibility index (Phi) is 4.37. The van der Waals surface area contributed by atoms with Crippen LogP contribution in [0.15, 0.2) is 0 Å². The molecule has 1 unspecified atom stereocenters. The Hall–Kier alpha value is -1.10. The molecule has 0 aromatic carbocycles. The Balaban J connectivity index is 2.92. The van der Waals surface area contributed by atoms with Gasteiger partial charge in [-0.25, -0.2) is 4.79 Å². The maximum absolute atomic E-state index is 12.2. The van der Waals surface area contributed by atoms with Gasteiger partial charge in [-0.15, -0.1) is 0 Å². The normalized spacial score (nSPS) is 24.3. The number of hydrogen-bond donors (Lipinski definition) is 2. The van der Waals surface area contributed by atoms with Gasteiger partial charge in [-0.1, -0.05) is 13.3 Å². The second-order valence-corrected chi connectivity index (χ2v) is 5.90. The third-order valence-electron chi connectivity index (χ3n) is 3.46. The van der Waals surface area contributed by atoms with E-state index in [0.717, 1.165) is 12.8 Å². The molecule has 0 bridgehead atoms. The highest BCUT2D eigenvalue weighted by atomic mass is 16.4. The van der Waals surface area contributed by atoms with Gasteiger partial charge in [0.05, 0.1) is 0 Å². The van der Waals surface area contributed by atoms with E-state index < -0.39 is 17.0 Å². The van der Waals surface area contributed by atoms with E-state index in [0.29, 0.717) is 19.4 Å². The average molecular weight is 256 g/mol. The summed E-state index contributed by atoms with van der Waals surface area (Å²) in [6.45, 7) is 6.03. The predicted octanol–water partition coefficient (Wildman–Crippen LogP) is 1.36. The lowest BCUT2D eigenvalue weighted by Gasteiger charge is -2.36. The number of carbonyl (C=O) groups is 2. The fraction of sp³-hybridized carbons (Fsp3) is 0.846. The van der Waals surface area contributed by atoms with E-state index in [1.807, 2.05) is 6.92 Å². The quantitative estimate of drug-likeness (QED) is 0.778. The van der Waals surface area contributed by atoms with Gasteiger partial charge < -0.3 is 15.7 Å². The maximum Gasteiger partial charge on any atom is 0.329 e. The van der Waals surface area contributed by atoms with Crippen molar-refractivity contribution in [2.24, 2.45) is 5.73 Å². The van der Waals surface area contributed by atoms with Crippen LogP contribution in [-0.4, -0.2) is 39.5 Å². The van der Waals surface area contributed by atoms with Gasteiger partial charge in [0.25, 0.3) is 0 Å². The monoisotopic (exact) mass is 256 g/mol. The molecule has 1 rings (SSSR count). The number of aliphatic carboxylic acids is 1. The Morgan fingerprint density at radius 2 is 2.06 bits per heavy atom. The van der Waals surface area contributed by atoms with Gasteiger partial charge in [-0.2, -0.15) is 0 Å². The van der Waals surface area contributed by atoms with Crippen LogP contribution in [0.25, 0.3) is 0 Å². The van der Waals surface area contributed by atoms with E-state index in [2.05, 4.69) is 0 Å². The summed E-state index contributed by atoms with van der Waals surface area (Å²) >= 11 is 0. The highest BCUT2D eigenvalue weighted by molar-refractivity contribution is 5.88. The van der Waals surface area contributed by atoms with Gasteiger partial charge in [-0.3, -0.25) is 4.79 Å². The number of carboxylic acid groups (broad SMARTS) is 1. The number of rotatable bonds is 5. The molecule has 0 spiro atoms. The van der Waals surface area contributed by atoms with Gasteiger partial charge >= 0.3 is 5.97 Å². The number of likely N-dealkylation sites (tertiary alicyclic amines) is 1. The van der Waals surface area contributed by atoms with Crippen molar-refractivity contribution in [1.29, 1.82) is 0 Å². The van der Waals surface area contributed by atoms with E-state index in [9.17, 15) is 14.7 Å². The summed E-state index contributed by atoms with van der Waals surface area (Å²) in [6.07, 6.45) is 2.75. The second kappa shape index (κ2) is 5.26. The van der Waals surface area contributed by atoms with Gasteiger partial charge in [0.1, 0.15) is 5.54 Å². The Bertz CT molecular complexity index is 336. The first-order chi connectivity index (χ1) is 8.23. The third-order valence-corrected chi connectivity index (χ3v) is 3.46. The van der Waals surface area contributed by atoms with Gasteiger partial charge in [-0.05, 0) is 33.1 Å². The average Bonchev–Trinajstić information content (AvgIpc) is 2.60. The van der Waals surface area contributed by atoms with Crippen LogP contribution in [0, 0.1) is 0 Å². The molecule has 1 atom stereocenters. The van der Waals surface area contributed by atoms with Crippen molar-refractivity contribution >= 4 is 11.9 Å². The summed E-state index contributed by atoms with van der Waals surface area (Å²) < 4.78 is 0. The third kappa shape index (κ3) is 3.02. The van der Waals surface area contributed by atoms with Gasteiger partial charge in [0, 0.05) is 18.5 Å². The van der Waals surface area contributed by atoms with Crippen LogP contribution in [0.1, 0.15) is 52.9 Å². The van der Waals surface area contributed by atoms with Crippen molar-refractivity contribution in [2.75, 3.05) is 6.54 Å². The van der Waals surface area contributed by atoms with E-state index in [1.54, 1.807) is 13.8 Å². The zero-order chi connectivity index (χ0) is 14.0. The summed E-state index contributed by atoms with van der Waals surface area (Å²) in [4.78, 5) is 25.3. The molecule has 1 fully saturated rings. The van der Waals surface area contributed by atoms with Crippen LogP contribution in [0.4, 0.5) is 0 Å². The number of hydrogen-bond acceptors (Lipinski definition) is 3. The number of nitrogens with zero attached hydrogens (tertiary/aromatic N) is 1. The Labute approximate surface area is 108 Å². The number of carbonyl (C=O) groups excluding carboxylic acids is 1. The molecule has 1 aliphatic rings. The van der Waals surface area contributed by atoms with Crippen LogP contribution in [0.3, 0.4) is 0 Å². The van der Waals surface area contributed by atoms with Gasteiger partial charge in [0.15, 0.2) is 0 Å². The molecule has 3 N–H and O–H groups in total. The van der Waals surface area contributed by atoms with Crippen molar-refractivity contribution in [3.63, 3.8) is 0 Å². The van der Waals surface area contributed by atoms with Crippen LogP contribution < -0.4 is 5.73 Å². The molecule has 1 aliphatic heterocycles. The van der Waals surface area contributed by atoms with Gasteiger partial charge in [0.2, 0.25) is 5.91 Å². The molecule has 1 amide bonds. The van der Waals surface area contributed by atoms with E-state index in [-0.39, 0.29) is 12.3 Å². The minimum atomic E-state index is -1.00. The van der Waals surface area contributed by atoms with Crippen LogP contribution in [0.2, 0.25) is 0 Å². The maximum atomic E-state index is 12.2. The number of amides is 1. The van der Waals surface area contributed by atoms with E-state index in [1.165, 1.54) is 4.90 Å². The smallest absolute Gasteiger partial charge is 0.329 e. The van der Waals surface area contributed by atoms with E-state index >= 15 is 0 Å². The van der Waals surface area contributed by atoms with Crippen LogP contribution >= 0.6 is 0 Å². The molecular formula is C13H24N2O3. The lowest BCUT2D eigenvalue weighted by atomic mass is 9.89. The lowest BCUT2D eigenvalue weighted by molar-refractivity contribution is -0.157. The Morgan fingerprint density at radius 1 is 1.44 bits per heavy atom. The summed E-state index contributed by atoms with van der Waals surface area (Å²) in [5, 5.41) is 9.49. The molecule has 5 heteroatoms. The van der Waals surface area contributed by atoms with Crippen molar-refractivity contribution in [2.45, 2.75) is 64.0 Å². The minimum absolute atomic E-state index is 0.143. The highest BCUT2D eigenvalue weighted by Gasteiger charge is 2.49. The first-order valence-corrected chi connectivity index (χ1v) is 6.56. The summed E-state index contributed by atoms with van der Waals surface area (Å²) in [5.74, 6) is -1.03. The molecule has 104 valence electrons. The predicted molar refractivity (Wildman–Crippen MR) is 69.1 cm³/mol. The molecule has 0 aliphatic carbocycles. The molecule has 18 heavy (non-hydrogen) atoms. The SMILES string of the molecule is CCCC1(C(=O)O)CCCN1C(=O)CC(C)(C)N. The molecule has 5 nitrogen and oxygen atoms in total. The Morgan fingerprint density at radius 3 is 2.50 bits per heavy atom. The minimum Gasteiger partial charge on any atom is -0.479 e. The van der Waals surface area contributed by atoms with Crippen LogP contribution in [-0.2, 0) is 9.59 Å². The standard InChI is InChI=1S/C13H24N2O3/c1-4-6-13(11(17)18)7-5-8-15(13)10(16)9-12(2,3)14/h4-9,14H2,1-3H3,(H,17,18). The first kappa shape index (κ1) is 15.0. The second-order valence-electron chi connectivity index (χ2n) is 5.90. The zero-order valence-corrected chi connectivity index (χ0v) is 11.5. The zero-order valence-electron chi connectivity index (χ0n) is 11.5. The fourth-order valence-corrected chi connectivity index (χ4v) is 2.73. The highest BCUT2D eigenvalue weighted by Crippen LogP contribution is 2.35. The van der Waals surface area contributed by atoms with Crippen LogP contribution in [0.5, 0.6) is 0 Å². The van der Waals surface area contributed by atoms with Crippen molar-refractivity contribution in [1.82, 2.24) is 4.90 Å². The van der Waals surface area contributed by atoms with Crippen molar-refractivity contribution in [3.05, 3.63) is 0 Å². The molecule has 0 saturated carbocycles. The molecule has 1 heterocycles. The van der Waals surface area contributed by atoms with E-state index in [4.69, 9.17) is 5.73 Å². The lowest BCUT2D eigenvalue weighted by Crippen LogP contribution is -2.54. The number of nitrogens with two attached hydrogens (primary N) is 1. The molecule has 0 aromatic rings. The number of carboxylic acids is 1. The summed E-state index contributed by atoms with van der Waals surface area (Å²) in [5.41, 5.74) is 4.24. The summed E-state index contributed by atoms with van der Waals surface area (Å²) in [6, 6.07) is 0. The van der Waals surface area contributed by atoms with Crippen molar-refractivity contribution in [3.8, 4) is 0 Å². The fourth-order valence-electron chi connectivity index (χ4n) is 2.73. The molecule has 1 saturated heterocycles. The molecule has 0 radical (unpaired) electrons.